The number of amides is 1. The van der Waals surface area contributed by atoms with Crippen molar-refractivity contribution in [2.45, 2.75) is 6.42 Å². The van der Waals surface area contributed by atoms with Crippen molar-refractivity contribution >= 4 is 11.5 Å². The molecule has 3 rings (SSSR count). The highest BCUT2D eigenvalue weighted by Crippen LogP contribution is 2.22. The quantitative estimate of drug-likeness (QED) is 0.911. The van der Waals surface area contributed by atoms with Gasteiger partial charge in [-0.15, -0.1) is 0 Å². The van der Waals surface area contributed by atoms with Crippen LogP contribution in [0.5, 0.6) is 5.75 Å². The van der Waals surface area contributed by atoms with Crippen LogP contribution < -0.4 is 10.1 Å². The lowest BCUT2D eigenvalue weighted by Gasteiger charge is -2.26. The van der Waals surface area contributed by atoms with Crippen LogP contribution >= 0.6 is 0 Å². The van der Waals surface area contributed by atoms with Gasteiger partial charge in [0.2, 0.25) is 0 Å². The first-order valence-electron chi connectivity index (χ1n) is 7.81. The van der Waals surface area contributed by atoms with E-state index in [-0.39, 0.29) is 12.5 Å². The van der Waals surface area contributed by atoms with E-state index >= 15 is 0 Å². The van der Waals surface area contributed by atoms with Gasteiger partial charge in [0.05, 0.1) is 13.2 Å². The van der Waals surface area contributed by atoms with E-state index in [9.17, 15) is 4.79 Å². The molecule has 0 spiro atoms. The Morgan fingerprint density at radius 2 is 2.00 bits per heavy atom. The Kier molecular flexibility index (Phi) is 5.08. The zero-order chi connectivity index (χ0) is 15.2. The number of nitrogens with one attached hydrogen (secondary N) is 1. The molecule has 5 nitrogen and oxygen atoms in total. The van der Waals surface area contributed by atoms with E-state index in [4.69, 9.17) is 9.47 Å². The highest BCUT2D eigenvalue weighted by atomic mass is 16.5. The van der Waals surface area contributed by atoms with Gasteiger partial charge >= 0.3 is 0 Å². The fourth-order valence-electron chi connectivity index (χ4n) is 2.70. The smallest absolute Gasteiger partial charge is 0.260 e. The monoisotopic (exact) mass is 302 g/mol. The predicted molar refractivity (Wildman–Crippen MR) is 84.8 cm³/mol. The summed E-state index contributed by atoms with van der Waals surface area (Å²) in [6, 6.07) is 7.99. The van der Waals surface area contributed by atoms with E-state index in [2.05, 4.69) is 23.5 Å². The Balaban J connectivity index is 1.52. The maximum atomic E-state index is 12.0. The van der Waals surface area contributed by atoms with Gasteiger partial charge in [-0.25, -0.2) is 0 Å². The third kappa shape index (κ3) is 3.87. The van der Waals surface area contributed by atoms with Gasteiger partial charge in [0, 0.05) is 19.6 Å². The topological polar surface area (TPSA) is 50.8 Å². The van der Waals surface area contributed by atoms with Gasteiger partial charge < -0.3 is 19.7 Å². The molecule has 0 aliphatic carbocycles. The van der Waals surface area contributed by atoms with Crippen LogP contribution in [0.3, 0.4) is 0 Å². The summed E-state index contributed by atoms with van der Waals surface area (Å²) in [6.45, 7) is 4.59. The average Bonchev–Trinajstić information content (AvgIpc) is 2.61. The second kappa shape index (κ2) is 7.42. The molecule has 0 aromatic heterocycles. The van der Waals surface area contributed by atoms with Crippen LogP contribution in [0.2, 0.25) is 0 Å². The van der Waals surface area contributed by atoms with E-state index in [0.29, 0.717) is 26.3 Å². The standard InChI is InChI=1S/C17H22N2O3/c20-17(19-9-11-21-12-10-19)13-22-16-3-1-14(2-4-16)15-5-7-18-8-6-15/h1-5,18H,6-13H2. The van der Waals surface area contributed by atoms with Gasteiger partial charge in [0.15, 0.2) is 6.61 Å². The van der Waals surface area contributed by atoms with Gasteiger partial charge in [0.25, 0.3) is 5.91 Å². The van der Waals surface area contributed by atoms with Crippen molar-refractivity contribution in [1.82, 2.24) is 10.2 Å². The van der Waals surface area contributed by atoms with Gasteiger partial charge in [-0.2, -0.15) is 0 Å². The Morgan fingerprint density at radius 3 is 2.68 bits per heavy atom. The minimum Gasteiger partial charge on any atom is -0.484 e. The van der Waals surface area contributed by atoms with Crippen molar-refractivity contribution in [3.8, 4) is 5.75 Å². The van der Waals surface area contributed by atoms with E-state index in [1.807, 2.05) is 12.1 Å². The Labute approximate surface area is 130 Å². The summed E-state index contributed by atoms with van der Waals surface area (Å²) in [6.07, 6.45) is 3.27. The first kappa shape index (κ1) is 15.1. The van der Waals surface area contributed by atoms with Crippen molar-refractivity contribution in [2.24, 2.45) is 0 Å². The van der Waals surface area contributed by atoms with Crippen LogP contribution in [-0.4, -0.2) is 56.8 Å². The molecule has 0 atom stereocenters. The van der Waals surface area contributed by atoms with Gasteiger partial charge in [-0.1, -0.05) is 18.2 Å². The highest BCUT2D eigenvalue weighted by Gasteiger charge is 2.17. The molecule has 2 aliphatic rings. The Hall–Kier alpha value is -1.85. The third-order valence-electron chi connectivity index (χ3n) is 4.02. The molecule has 0 saturated carbocycles. The molecule has 5 heteroatoms. The lowest BCUT2D eigenvalue weighted by atomic mass is 10.0. The minimum atomic E-state index is 0.0217. The Morgan fingerprint density at radius 1 is 1.23 bits per heavy atom. The zero-order valence-corrected chi connectivity index (χ0v) is 12.7. The molecular weight excluding hydrogens is 280 g/mol. The number of rotatable bonds is 4. The summed E-state index contributed by atoms with van der Waals surface area (Å²) >= 11 is 0. The molecule has 2 heterocycles. The van der Waals surface area contributed by atoms with Crippen LogP contribution in [0, 0.1) is 0 Å². The SMILES string of the molecule is O=C(COc1ccc(C2=CCNCC2)cc1)N1CCOCC1. The molecule has 22 heavy (non-hydrogen) atoms. The van der Waals surface area contributed by atoms with Crippen molar-refractivity contribution in [1.29, 1.82) is 0 Å². The van der Waals surface area contributed by atoms with Crippen LogP contribution in [-0.2, 0) is 9.53 Å². The largest absolute Gasteiger partial charge is 0.484 e. The van der Waals surface area contributed by atoms with Crippen molar-refractivity contribution < 1.29 is 14.3 Å². The number of carbonyl (C=O) groups is 1. The number of hydrogen-bond acceptors (Lipinski definition) is 4. The fraction of sp³-hybridized carbons (Fsp3) is 0.471. The first-order chi connectivity index (χ1) is 10.8. The molecule has 1 amide bonds. The maximum absolute atomic E-state index is 12.0. The molecule has 118 valence electrons. The maximum Gasteiger partial charge on any atom is 0.260 e. The normalized spacial score (nSPS) is 18.7. The van der Waals surface area contributed by atoms with E-state index in [1.165, 1.54) is 11.1 Å². The van der Waals surface area contributed by atoms with E-state index in [0.717, 1.165) is 25.3 Å². The number of ether oxygens (including phenoxy) is 2. The minimum absolute atomic E-state index is 0.0217. The van der Waals surface area contributed by atoms with E-state index < -0.39 is 0 Å². The van der Waals surface area contributed by atoms with Gasteiger partial charge in [-0.3, -0.25) is 4.79 Å². The lowest BCUT2D eigenvalue weighted by molar-refractivity contribution is -0.137. The number of hydrogen-bond donors (Lipinski definition) is 1. The van der Waals surface area contributed by atoms with Crippen LogP contribution in [0.15, 0.2) is 30.3 Å². The Bertz CT molecular complexity index is 533. The molecule has 0 bridgehead atoms. The molecule has 0 radical (unpaired) electrons. The van der Waals surface area contributed by atoms with E-state index in [1.54, 1.807) is 4.90 Å². The summed E-state index contributed by atoms with van der Waals surface area (Å²) in [5.41, 5.74) is 2.60. The summed E-state index contributed by atoms with van der Waals surface area (Å²) in [5.74, 6) is 0.758. The molecule has 0 unspecified atom stereocenters. The van der Waals surface area contributed by atoms with Crippen molar-refractivity contribution in [3.05, 3.63) is 35.9 Å². The molecule has 1 fully saturated rings. The second-order valence-corrected chi connectivity index (χ2v) is 5.49. The molecule has 1 aromatic carbocycles. The summed E-state index contributed by atoms with van der Waals surface area (Å²) in [7, 11) is 0. The fourth-order valence-corrected chi connectivity index (χ4v) is 2.70. The first-order valence-corrected chi connectivity index (χ1v) is 7.81. The van der Waals surface area contributed by atoms with Crippen molar-refractivity contribution in [3.63, 3.8) is 0 Å². The zero-order valence-electron chi connectivity index (χ0n) is 12.7. The molecule has 1 aromatic rings. The molecule has 1 saturated heterocycles. The molecule has 1 N–H and O–H groups in total. The van der Waals surface area contributed by atoms with Crippen molar-refractivity contribution in [2.75, 3.05) is 46.0 Å². The average molecular weight is 302 g/mol. The second-order valence-electron chi connectivity index (χ2n) is 5.49. The third-order valence-corrected chi connectivity index (χ3v) is 4.02. The number of carbonyl (C=O) groups excluding carboxylic acids is 1. The summed E-state index contributed by atoms with van der Waals surface area (Å²) < 4.78 is 10.8. The summed E-state index contributed by atoms with van der Waals surface area (Å²) in [5, 5.41) is 3.31. The van der Waals surface area contributed by atoms with Crippen LogP contribution in [0.1, 0.15) is 12.0 Å². The molecular formula is C17H22N2O3. The number of benzene rings is 1. The summed E-state index contributed by atoms with van der Waals surface area (Å²) in [4.78, 5) is 13.8. The van der Waals surface area contributed by atoms with Crippen LogP contribution in [0.4, 0.5) is 0 Å². The lowest BCUT2D eigenvalue weighted by Crippen LogP contribution is -2.42. The molecule has 2 aliphatic heterocycles. The van der Waals surface area contributed by atoms with Gasteiger partial charge in [0.1, 0.15) is 5.75 Å². The highest BCUT2D eigenvalue weighted by molar-refractivity contribution is 5.77. The van der Waals surface area contributed by atoms with Gasteiger partial charge in [-0.05, 0) is 36.2 Å². The predicted octanol–water partition coefficient (Wildman–Crippen LogP) is 1.30. The number of morpholine rings is 1. The number of nitrogens with zero attached hydrogens (tertiary/aromatic N) is 1. The van der Waals surface area contributed by atoms with Crippen LogP contribution in [0.25, 0.3) is 5.57 Å².